The predicted molar refractivity (Wildman–Crippen MR) is 81.2 cm³/mol. The highest BCUT2D eigenvalue weighted by Gasteiger charge is 2.52. The lowest BCUT2D eigenvalue weighted by Gasteiger charge is -2.17. The Morgan fingerprint density at radius 3 is 2.40 bits per heavy atom. The first-order valence-corrected chi connectivity index (χ1v) is 7.26. The fourth-order valence-electron chi connectivity index (χ4n) is 2.90. The highest BCUT2D eigenvalue weighted by Crippen LogP contribution is 2.49. The first-order valence-electron chi connectivity index (χ1n) is 7.26. The molecule has 3 rings (SSSR count). The fraction of sp³-hybridized carbons (Fsp3) is 0.562. The number of rotatable bonds is 5. The van der Waals surface area contributed by atoms with Crippen LogP contribution in [0.2, 0.25) is 0 Å². The molecule has 0 aromatic heterocycles. The molecule has 0 N–H and O–H groups in total. The van der Waals surface area contributed by atoms with Crippen LogP contribution in [0.1, 0.15) is 31.2 Å². The summed E-state index contributed by atoms with van der Waals surface area (Å²) < 4.78 is 5.51. The summed E-state index contributed by atoms with van der Waals surface area (Å²) in [5.74, 6) is -0.0297. The second-order valence-electron chi connectivity index (χ2n) is 5.63. The minimum atomic E-state index is -0.327. The third-order valence-corrected chi connectivity index (χ3v) is 4.31. The van der Waals surface area contributed by atoms with Gasteiger partial charge in [-0.2, -0.15) is 0 Å². The molecule has 2 aliphatic rings. The van der Waals surface area contributed by atoms with E-state index in [1.807, 2.05) is 30.3 Å². The first-order chi connectivity index (χ1) is 9.31. The third kappa shape index (κ3) is 3.15. The molecule has 1 aromatic rings. The average molecular weight is 296 g/mol. The van der Waals surface area contributed by atoms with E-state index in [2.05, 4.69) is 4.90 Å². The maximum Gasteiger partial charge on any atom is 0.316 e. The quantitative estimate of drug-likeness (QED) is 0.782. The van der Waals surface area contributed by atoms with Crippen LogP contribution < -0.4 is 0 Å². The standard InChI is InChI=1S/C16H21NO2.ClH/c18-15(19-13-12-17-10-4-5-11-17)16(8-9-16)14-6-2-1-3-7-14;/h1-3,6-7H,4-5,8-13H2;1H. The fourth-order valence-corrected chi connectivity index (χ4v) is 2.90. The molecule has 1 aromatic carbocycles. The van der Waals surface area contributed by atoms with Crippen LogP contribution in [0.5, 0.6) is 0 Å². The van der Waals surface area contributed by atoms with Gasteiger partial charge in [0.05, 0.1) is 5.41 Å². The van der Waals surface area contributed by atoms with E-state index < -0.39 is 0 Å². The highest BCUT2D eigenvalue weighted by atomic mass is 35.5. The van der Waals surface area contributed by atoms with Gasteiger partial charge in [-0.15, -0.1) is 12.4 Å². The van der Waals surface area contributed by atoms with Crippen molar-refractivity contribution in [3.05, 3.63) is 35.9 Å². The zero-order valence-electron chi connectivity index (χ0n) is 11.7. The van der Waals surface area contributed by atoms with Crippen LogP contribution in [0.3, 0.4) is 0 Å². The number of esters is 1. The van der Waals surface area contributed by atoms with Gasteiger partial charge in [-0.05, 0) is 44.3 Å². The molecule has 0 atom stereocenters. The molecule has 0 unspecified atom stereocenters. The molecule has 1 aliphatic carbocycles. The Bertz CT molecular complexity index is 439. The van der Waals surface area contributed by atoms with Crippen molar-refractivity contribution >= 4 is 18.4 Å². The molecule has 1 aliphatic heterocycles. The van der Waals surface area contributed by atoms with Gasteiger partial charge in [-0.3, -0.25) is 9.69 Å². The average Bonchev–Trinajstić information content (AvgIpc) is 3.11. The molecule has 110 valence electrons. The number of likely N-dealkylation sites (tertiary alicyclic amines) is 1. The van der Waals surface area contributed by atoms with Crippen molar-refractivity contribution in [2.75, 3.05) is 26.2 Å². The molecule has 20 heavy (non-hydrogen) atoms. The van der Waals surface area contributed by atoms with Gasteiger partial charge in [-0.1, -0.05) is 30.3 Å². The summed E-state index contributed by atoms with van der Waals surface area (Å²) in [5.41, 5.74) is 0.785. The molecule has 4 heteroatoms. The van der Waals surface area contributed by atoms with Crippen LogP contribution in [0.15, 0.2) is 30.3 Å². The summed E-state index contributed by atoms with van der Waals surface area (Å²) in [5, 5.41) is 0. The van der Waals surface area contributed by atoms with Crippen LogP contribution >= 0.6 is 12.4 Å². The third-order valence-electron chi connectivity index (χ3n) is 4.31. The van der Waals surface area contributed by atoms with Crippen molar-refractivity contribution in [3.8, 4) is 0 Å². The lowest BCUT2D eigenvalue weighted by atomic mass is 9.96. The number of halogens is 1. The Hall–Kier alpha value is -1.06. The second-order valence-corrected chi connectivity index (χ2v) is 5.63. The SMILES string of the molecule is Cl.O=C(OCCN1CCCC1)C1(c2ccccc2)CC1. The lowest BCUT2D eigenvalue weighted by molar-refractivity contribution is -0.147. The van der Waals surface area contributed by atoms with E-state index in [0.717, 1.165) is 38.0 Å². The number of nitrogens with zero attached hydrogens (tertiary/aromatic N) is 1. The molecule has 0 spiro atoms. The van der Waals surface area contributed by atoms with Crippen LogP contribution in [-0.4, -0.2) is 37.1 Å². The van der Waals surface area contributed by atoms with Crippen LogP contribution in [0.4, 0.5) is 0 Å². The van der Waals surface area contributed by atoms with Gasteiger partial charge in [0.2, 0.25) is 0 Å². The minimum absolute atomic E-state index is 0. The Labute approximate surface area is 126 Å². The van der Waals surface area contributed by atoms with Gasteiger partial charge in [0.1, 0.15) is 6.61 Å². The molecule has 1 saturated heterocycles. The monoisotopic (exact) mass is 295 g/mol. The Balaban J connectivity index is 0.00000147. The van der Waals surface area contributed by atoms with Crippen molar-refractivity contribution in [2.24, 2.45) is 0 Å². The molecule has 1 saturated carbocycles. The van der Waals surface area contributed by atoms with Crippen molar-refractivity contribution in [1.82, 2.24) is 4.90 Å². The number of ether oxygens (including phenoxy) is 1. The zero-order valence-corrected chi connectivity index (χ0v) is 12.5. The summed E-state index contributed by atoms with van der Waals surface area (Å²) in [6.07, 6.45) is 4.42. The Kier molecular flexibility index (Phi) is 5.06. The predicted octanol–water partition coefficient (Wildman–Crippen LogP) is 2.78. The van der Waals surface area contributed by atoms with E-state index in [1.165, 1.54) is 12.8 Å². The number of carbonyl (C=O) groups is 1. The molecule has 0 bridgehead atoms. The Morgan fingerprint density at radius 2 is 1.80 bits per heavy atom. The molecule has 0 amide bonds. The van der Waals surface area contributed by atoms with Crippen LogP contribution in [-0.2, 0) is 14.9 Å². The van der Waals surface area contributed by atoms with Gasteiger partial charge >= 0.3 is 5.97 Å². The summed E-state index contributed by atoms with van der Waals surface area (Å²) in [4.78, 5) is 14.6. The lowest BCUT2D eigenvalue weighted by Crippen LogP contribution is -2.29. The zero-order chi connectivity index (χ0) is 13.1. The normalized spacial score (nSPS) is 20.2. The maximum absolute atomic E-state index is 12.3. The summed E-state index contributed by atoms with van der Waals surface area (Å²) in [7, 11) is 0. The van der Waals surface area contributed by atoms with E-state index in [9.17, 15) is 4.79 Å². The van der Waals surface area contributed by atoms with E-state index in [4.69, 9.17) is 4.74 Å². The van der Waals surface area contributed by atoms with E-state index in [1.54, 1.807) is 0 Å². The molecule has 0 radical (unpaired) electrons. The van der Waals surface area contributed by atoms with Gasteiger partial charge in [0.15, 0.2) is 0 Å². The topological polar surface area (TPSA) is 29.5 Å². The van der Waals surface area contributed by atoms with E-state index >= 15 is 0 Å². The minimum Gasteiger partial charge on any atom is -0.464 e. The molecular formula is C16H22ClNO2. The first kappa shape index (κ1) is 15.3. The van der Waals surface area contributed by atoms with E-state index in [-0.39, 0.29) is 23.8 Å². The molecule has 1 heterocycles. The van der Waals surface area contributed by atoms with Crippen molar-refractivity contribution < 1.29 is 9.53 Å². The van der Waals surface area contributed by atoms with Gasteiger partial charge in [0.25, 0.3) is 0 Å². The summed E-state index contributed by atoms with van der Waals surface area (Å²) in [6, 6.07) is 10.0. The smallest absolute Gasteiger partial charge is 0.316 e. The largest absolute Gasteiger partial charge is 0.464 e. The van der Waals surface area contributed by atoms with Gasteiger partial charge in [0, 0.05) is 6.54 Å². The second kappa shape index (κ2) is 6.59. The van der Waals surface area contributed by atoms with Crippen molar-refractivity contribution in [2.45, 2.75) is 31.1 Å². The van der Waals surface area contributed by atoms with Gasteiger partial charge < -0.3 is 4.74 Å². The maximum atomic E-state index is 12.3. The van der Waals surface area contributed by atoms with Crippen molar-refractivity contribution in [1.29, 1.82) is 0 Å². The molecule has 2 fully saturated rings. The molecular weight excluding hydrogens is 274 g/mol. The van der Waals surface area contributed by atoms with Crippen molar-refractivity contribution in [3.63, 3.8) is 0 Å². The van der Waals surface area contributed by atoms with Crippen LogP contribution in [0.25, 0.3) is 0 Å². The number of benzene rings is 1. The highest BCUT2D eigenvalue weighted by molar-refractivity contribution is 5.86. The number of hydrogen-bond acceptors (Lipinski definition) is 3. The summed E-state index contributed by atoms with van der Waals surface area (Å²) in [6.45, 7) is 3.73. The van der Waals surface area contributed by atoms with E-state index in [0.29, 0.717) is 6.61 Å². The molecule has 3 nitrogen and oxygen atoms in total. The number of carbonyl (C=O) groups excluding carboxylic acids is 1. The van der Waals surface area contributed by atoms with Gasteiger partial charge in [-0.25, -0.2) is 0 Å². The summed E-state index contributed by atoms with van der Waals surface area (Å²) >= 11 is 0. The number of hydrogen-bond donors (Lipinski definition) is 0. The van der Waals surface area contributed by atoms with Crippen LogP contribution in [0, 0.1) is 0 Å². The Morgan fingerprint density at radius 1 is 1.15 bits per heavy atom.